The van der Waals surface area contributed by atoms with Crippen LogP contribution in [0.4, 0.5) is 0 Å². The number of aromatic nitrogens is 1. The molecule has 0 aliphatic heterocycles. The third-order valence-electron chi connectivity index (χ3n) is 2.80. The van der Waals surface area contributed by atoms with Gasteiger partial charge in [0.1, 0.15) is 5.69 Å². The molecule has 1 aromatic heterocycles. The molecule has 2 rings (SSSR count). The maximum Gasteiger partial charge on any atom is 0.178 e. The summed E-state index contributed by atoms with van der Waals surface area (Å²) in [6.07, 6.45) is 3.30. The van der Waals surface area contributed by atoms with Crippen LogP contribution in [0.15, 0.2) is 42.6 Å². The van der Waals surface area contributed by atoms with Crippen LogP contribution in [0.3, 0.4) is 0 Å². The number of carbonyl (C=O) groups excluding carboxylic acids is 1. The summed E-state index contributed by atoms with van der Waals surface area (Å²) in [7, 11) is 0. The van der Waals surface area contributed by atoms with Gasteiger partial charge in [0.25, 0.3) is 0 Å². The summed E-state index contributed by atoms with van der Waals surface area (Å²) in [5, 5.41) is 0.741. The van der Waals surface area contributed by atoms with Crippen LogP contribution in [0.2, 0.25) is 5.02 Å². The zero-order chi connectivity index (χ0) is 13.0. The molecule has 0 unspecified atom stereocenters. The van der Waals surface area contributed by atoms with Gasteiger partial charge < -0.3 is 0 Å². The van der Waals surface area contributed by atoms with E-state index in [1.165, 1.54) is 5.56 Å². The van der Waals surface area contributed by atoms with Gasteiger partial charge in [-0.3, -0.25) is 9.78 Å². The van der Waals surface area contributed by atoms with E-state index in [4.69, 9.17) is 11.6 Å². The number of hydrogen-bond acceptors (Lipinski definition) is 2. The molecule has 0 fully saturated rings. The summed E-state index contributed by atoms with van der Waals surface area (Å²) in [5.41, 5.74) is 2.73. The number of nitrogens with zero attached hydrogens (tertiary/aromatic N) is 1. The smallest absolute Gasteiger partial charge is 0.178 e. The molecule has 0 saturated heterocycles. The summed E-state index contributed by atoms with van der Waals surface area (Å²) >= 11 is 5.94. The van der Waals surface area contributed by atoms with Crippen molar-refractivity contribution in [3.63, 3.8) is 0 Å². The normalized spacial score (nSPS) is 10.3. The van der Waals surface area contributed by atoms with Gasteiger partial charge in [-0.05, 0) is 42.2 Å². The SMILES string of the molecule is CC(=O)c1ncccc1CCc1cccc(Cl)c1. The first-order chi connectivity index (χ1) is 8.66. The summed E-state index contributed by atoms with van der Waals surface area (Å²) in [4.78, 5) is 15.6. The van der Waals surface area contributed by atoms with Crippen molar-refractivity contribution in [2.75, 3.05) is 0 Å². The fourth-order valence-electron chi connectivity index (χ4n) is 1.93. The molecular formula is C15H14ClNO. The zero-order valence-electron chi connectivity index (χ0n) is 10.2. The molecule has 0 aliphatic rings. The highest BCUT2D eigenvalue weighted by Crippen LogP contribution is 2.14. The standard InChI is InChI=1S/C15H14ClNO/c1-11(18)15-13(5-3-9-17-15)8-7-12-4-2-6-14(16)10-12/h2-6,9-10H,7-8H2,1H3. The van der Waals surface area contributed by atoms with E-state index < -0.39 is 0 Å². The summed E-state index contributed by atoms with van der Waals surface area (Å²) < 4.78 is 0. The molecule has 0 amide bonds. The molecule has 1 heterocycles. The van der Waals surface area contributed by atoms with E-state index in [0.29, 0.717) is 5.69 Å². The van der Waals surface area contributed by atoms with Gasteiger partial charge >= 0.3 is 0 Å². The van der Waals surface area contributed by atoms with E-state index in [2.05, 4.69) is 4.98 Å². The van der Waals surface area contributed by atoms with Crippen molar-refractivity contribution in [3.8, 4) is 0 Å². The maximum atomic E-state index is 11.4. The average molecular weight is 260 g/mol. The predicted molar refractivity (Wildman–Crippen MR) is 73.1 cm³/mol. The quantitative estimate of drug-likeness (QED) is 0.784. The first-order valence-electron chi connectivity index (χ1n) is 5.86. The van der Waals surface area contributed by atoms with Gasteiger partial charge in [0.2, 0.25) is 0 Å². The minimum Gasteiger partial charge on any atom is -0.293 e. The Morgan fingerprint density at radius 3 is 2.78 bits per heavy atom. The Morgan fingerprint density at radius 1 is 1.22 bits per heavy atom. The molecule has 2 aromatic rings. The van der Waals surface area contributed by atoms with Gasteiger partial charge in [0.05, 0.1) is 0 Å². The van der Waals surface area contributed by atoms with Crippen LogP contribution in [-0.2, 0) is 12.8 Å². The molecule has 0 N–H and O–H groups in total. The van der Waals surface area contributed by atoms with Crippen LogP contribution >= 0.6 is 11.6 Å². The number of rotatable bonds is 4. The zero-order valence-corrected chi connectivity index (χ0v) is 10.9. The Morgan fingerprint density at radius 2 is 2.06 bits per heavy atom. The molecule has 1 aromatic carbocycles. The Labute approximate surface area is 112 Å². The number of benzene rings is 1. The molecule has 0 atom stereocenters. The van der Waals surface area contributed by atoms with Crippen molar-refractivity contribution < 1.29 is 4.79 Å². The fraction of sp³-hybridized carbons (Fsp3) is 0.200. The Balaban J connectivity index is 2.13. The minimum absolute atomic E-state index is 0.0108. The van der Waals surface area contributed by atoms with Gasteiger partial charge in [0.15, 0.2) is 5.78 Å². The lowest BCUT2D eigenvalue weighted by molar-refractivity contribution is 0.101. The van der Waals surface area contributed by atoms with Crippen LogP contribution in [0.25, 0.3) is 0 Å². The van der Waals surface area contributed by atoms with Crippen molar-refractivity contribution in [3.05, 3.63) is 64.4 Å². The van der Waals surface area contributed by atoms with Gasteiger partial charge in [-0.15, -0.1) is 0 Å². The van der Waals surface area contributed by atoms with Crippen LogP contribution in [0.5, 0.6) is 0 Å². The van der Waals surface area contributed by atoms with E-state index in [1.807, 2.05) is 36.4 Å². The molecule has 0 bridgehead atoms. The van der Waals surface area contributed by atoms with Crippen LogP contribution < -0.4 is 0 Å². The molecule has 0 radical (unpaired) electrons. The summed E-state index contributed by atoms with van der Waals surface area (Å²) in [6.45, 7) is 1.55. The summed E-state index contributed by atoms with van der Waals surface area (Å²) in [5.74, 6) is 0.0108. The number of hydrogen-bond donors (Lipinski definition) is 0. The van der Waals surface area contributed by atoms with Crippen LogP contribution in [-0.4, -0.2) is 10.8 Å². The number of Topliss-reactive ketones (excluding diaryl/α,β-unsaturated/α-hetero) is 1. The first-order valence-corrected chi connectivity index (χ1v) is 6.24. The largest absolute Gasteiger partial charge is 0.293 e. The maximum absolute atomic E-state index is 11.4. The Hall–Kier alpha value is -1.67. The average Bonchev–Trinajstić information content (AvgIpc) is 2.37. The molecule has 92 valence electrons. The third-order valence-corrected chi connectivity index (χ3v) is 3.03. The van der Waals surface area contributed by atoms with E-state index in [1.54, 1.807) is 13.1 Å². The van der Waals surface area contributed by atoms with E-state index in [-0.39, 0.29) is 5.78 Å². The van der Waals surface area contributed by atoms with E-state index >= 15 is 0 Å². The van der Waals surface area contributed by atoms with Gasteiger partial charge in [-0.25, -0.2) is 0 Å². The lowest BCUT2D eigenvalue weighted by Crippen LogP contribution is -2.04. The van der Waals surface area contributed by atoms with Crippen LogP contribution in [0, 0.1) is 0 Å². The molecule has 0 saturated carbocycles. The second-order valence-electron chi connectivity index (χ2n) is 4.20. The molecule has 3 heteroatoms. The molecule has 0 spiro atoms. The molecule has 18 heavy (non-hydrogen) atoms. The molecule has 0 aliphatic carbocycles. The molecular weight excluding hydrogens is 246 g/mol. The van der Waals surface area contributed by atoms with Crippen LogP contribution in [0.1, 0.15) is 28.5 Å². The monoisotopic (exact) mass is 259 g/mol. The third kappa shape index (κ3) is 3.17. The van der Waals surface area contributed by atoms with Crippen molar-refractivity contribution in [2.24, 2.45) is 0 Å². The highest BCUT2D eigenvalue weighted by atomic mass is 35.5. The second-order valence-corrected chi connectivity index (χ2v) is 4.63. The predicted octanol–water partition coefficient (Wildman–Crippen LogP) is 3.72. The number of ketones is 1. The lowest BCUT2D eigenvalue weighted by atomic mass is 10.0. The Kier molecular flexibility index (Phi) is 4.11. The Bertz CT molecular complexity index is 566. The first kappa shape index (κ1) is 12.8. The number of halogens is 1. The topological polar surface area (TPSA) is 30.0 Å². The summed E-state index contributed by atoms with van der Waals surface area (Å²) in [6, 6.07) is 11.6. The lowest BCUT2D eigenvalue weighted by Gasteiger charge is -2.06. The van der Waals surface area contributed by atoms with Crippen molar-refractivity contribution >= 4 is 17.4 Å². The number of carbonyl (C=O) groups is 1. The van der Waals surface area contributed by atoms with Crippen molar-refractivity contribution in [2.45, 2.75) is 19.8 Å². The van der Waals surface area contributed by atoms with Gasteiger partial charge in [-0.1, -0.05) is 29.8 Å². The van der Waals surface area contributed by atoms with Gasteiger partial charge in [-0.2, -0.15) is 0 Å². The van der Waals surface area contributed by atoms with Crippen molar-refractivity contribution in [1.82, 2.24) is 4.98 Å². The highest BCUT2D eigenvalue weighted by molar-refractivity contribution is 6.30. The van der Waals surface area contributed by atoms with Gasteiger partial charge in [0, 0.05) is 18.1 Å². The molecule has 2 nitrogen and oxygen atoms in total. The number of pyridine rings is 1. The van der Waals surface area contributed by atoms with E-state index in [9.17, 15) is 4.79 Å². The number of aryl methyl sites for hydroxylation is 2. The van der Waals surface area contributed by atoms with E-state index in [0.717, 1.165) is 23.4 Å². The minimum atomic E-state index is 0.0108. The second kappa shape index (κ2) is 5.78. The highest BCUT2D eigenvalue weighted by Gasteiger charge is 2.07. The van der Waals surface area contributed by atoms with Crippen molar-refractivity contribution in [1.29, 1.82) is 0 Å². The fourth-order valence-corrected chi connectivity index (χ4v) is 2.14.